The highest BCUT2D eigenvalue weighted by molar-refractivity contribution is 5.84. The van der Waals surface area contributed by atoms with Crippen molar-refractivity contribution < 1.29 is 23.0 Å². The van der Waals surface area contributed by atoms with Gasteiger partial charge in [0, 0.05) is 16.8 Å². The van der Waals surface area contributed by atoms with Crippen molar-refractivity contribution in [3.63, 3.8) is 0 Å². The fourth-order valence-electron chi connectivity index (χ4n) is 4.29. The second-order valence-corrected chi connectivity index (χ2v) is 7.92. The molecule has 1 aliphatic carbocycles. The number of nitrogens with two attached hydrogens (primary N) is 1. The highest BCUT2D eigenvalue weighted by Crippen LogP contribution is 2.41. The SMILES string of the molecule is Nc1ccc2c(c1)CCc1c(-c3cccc(OC(F)(F)F)c3)cc(-c3cccc(O)c3)nc1-2. The van der Waals surface area contributed by atoms with Gasteiger partial charge < -0.3 is 15.6 Å². The van der Waals surface area contributed by atoms with Crippen molar-refractivity contribution in [1.82, 2.24) is 4.98 Å². The summed E-state index contributed by atoms with van der Waals surface area (Å²) >= 11 is 0. The zero-order valence-electron chi connectivity index (χ0n) is 17.4. The van der Waals surface area contributed by atoms with Crippen LogP contribution in [0.3, 0.4) is 0 Å². The Balaban J connectivity index is 1.73. The topological polar surface area (TPSA) is 68.4 Å². The molecule has 0 saturated carbocycles. The molecule has 0 radical (unpaired) electrons. The van der Waals surface area contributed by atoms with E-state index in [-0.39, 0.29) is 11.5 Å². The molecule has 0 fully saturated rings. The second kappa shape index (κ2) is 7.85. The lowest BCUT2D eigenvalue weighted by Crippen LogP contribution is -2.17. The third kappa shape index (κ3) is 4.22. The molecule has 0 spiro atoms. The van der Waals surface area contributed by atoms with E-state index in [0.29, 0.717) is 28.9 Å². The molecular weight excluding hydrogens is 429 g/mol. The molecule has 0 aliphatic heterocycles. The van der Waals surface area contributed by atoms with Crippen LogP contribution in [0, 0.1) is 0 Å². The molecule has 3 aromatic carbocycles. The molecule has 0 atom stereocenters. The summed E-state index contributed by atoms with van der Waals surface area (Å²) in [6, 6.07) is 20.2. The van der Waals surface area contributed by atoms with Crippen LogP contribution in [0.1, 0.15) is 11.1 Å². The van der Waals surface area contributed by atoms with Gasteiger partial charge in [0.15, 0.2) is 0 Å². The van der Waals surface area contributed by atoms with Gasteiger partial charge in [0.1, 0.15) is 11.5 Å². The number of benzene rings is 3. The smallest absolute Gasteiger partial charge is 0.508 e. The van der Waals surface area contributed by atoms with Gasteiger partial charge in [-0.3, -0.25) is 0 Å². The average Bonchev–Trinajstić information content (AvgIpc) is 2.77. The number of alkyl halides is 3. The maximum absolute atomic E-state index is 12.8. The van der Waals surface area contributed by atoms with E-state index in [4.69, 9.17) is 10.7 Å². The monoisotopic (exact) mass is 448 g/mol. The molecule has 5 rings (SSSR count). The summed E-state index contributed by atoms with van der Waals surface area (Å²) in [4.78, 5) is 4.90. The third-order valence-corrected chi connectivity index (χ3v) is 5.67. The number of phenols is 1. The number of aromatic nitrogens is 1. The minimum absolute atomic E-state index is 0.0994. The molecule has 3 N–H and O–H groups in total. The maximum Gasteiger partial charge on any atom is 0.573 e. The quantitative estimate of drug-likeness (QED) is 0.358. The van der Waals surface area contributed by atoms with Gasteiger partial charge in [0.25, 0.3) is 0 Å². The first-order chi connectivity index (χ1) is 15.8. The van der Waals surface area contributed by atoms with E-state index in [1.165, 1.54) is 18.2 Å². The Hall–Kier alpha value is -4.00. The summed E-state index contributed by atoms with van der Waals surface area (Å²) in [5, 5.41) is 9.97. The molecule has 1 aliphatic rings. The first kappa shape index (κ1) is 20.9. The van der Waals surface area contributed by atoms with Crippen LogP contribution < -0.4 is 10.5 Å². The first-order valence-electron chi connectivity index (χ1n) is 10.3. The van der Waals surface area contributed by atoms with E-state index in [1.807, 2.05) is 30.3 Å². The standard InChI is InChI=1S/C26H19F3N2O2/c27-26(28,29)33-20-6-2-3-15(13-20)23-14-24(17-4-1-5-19(32)12-17)31-25-21-10-8-18(30)11-16(21)7-9-22(23)25/h1-6,8,10-14,32H,7,9,30H2. The zero-order chi connectivity index (χ0) is 23.2. The zero-order valence-corrected chi connectivity index (χ0v) is 17.4. The fraction of sp³-hybridized carbons (Fsp3) is 0.115. The number of phenolic OH excluding ortho intramolecular Hbond substituents is 1. The number of anilines is 1. The van der Waals surface area contributed by atoms with Gasteiger partial charge in [0.05, 0.1) is 11.4 Å². The molecular formula is C26H19F3N2O2. The number of hydrogen-bond donors (Lipinski definition) is 2. The molecule has 0 bridgehead atoms. The van der Waals surface area contributed by atoms with Gasteiger partial charge >= 0.3 is 6.36 Å². The number of pyridine rings is 1. The van der Waals surface area contributed by atoms with Gasteiger partial charge in [-0.2, -0.15) is 0 Å². The van der Waals surface area contributed by atoms with Gasteiger partial charge in [-0.15, -0.1) is 13.2 Å². The van der Waals surface area contributed by atoms with Crippen molar-refractivity contribution in [3.8, 4) is 45.1 Å². The molecule has 0 saturated heterocycles. The van der Waals surface area contributed by atoms with E-state index >= 15 is 0 Å². The summed E-state index contributed by atoms with van der Waals surface area (Å²) in [7, 11) is 0. The van der Waals surface area contributed by atoms with Crippen LogP contribution in [-0.2, 0) is 12.8 Å². The van der Waals surface area contributed by atoms with E-state index < -0.39 is 6.36 Å². The number of ether oxygens (including phenoxy) is 1. The number of aromatic hydroxyl groups is 1. The molecule has 33 heavy (non-hydrogen) atoms. The molecule has 7 heteroatoms. The molecule has 1 heterocycles. The van der Waals surface area contributed by atoms with Crippen molar-refractivity contribution in [3.05, 3.63) is 83.9 Å². The lowest BCUT2D eigenvalue weighted by atomic mass is 9.84. The van der Waals surface area contributed by atoms with Gasteiger partial charge in [-0.25, -0.2) is 4.98 Å². The molecule has 166 valence electrons. The molecule has 0 amide bonds. The number of hydrogen-bond acceptors (Lipinski definition) is 4. The number of rotatable bonds is 3. The minimum Gasteiger partial charge on any atom is -0.508 e. The summed E-state index contributed by atoms with van der Waals surface area (Å²) in [5.74, 6) is -0.184. The van der Waals surface area contributed by atoms with Crippen LogP contribution in [-0.4, -0.2) is 16.5 Å². The van der Waals surface area contributed by atoms with Crippen LogP contribution in [0.4, 0.5) is 18.9 Å². The predicted molar refractivity (Wildman–Crippen MR) is 121 cm³/mol. The average molecular weight is 448 g/mol. The third-order valence-electron chi connectivity index (χ3n) is 5.67. The summed E-state index contributed by atoms with van der Waals surface area (Å²) in [6.45, 7) is 0. The summed E-state index contributed by atoms with van der Waals surface area (Å²) < 4.78 is 42.6. The number of aryl methyl sites for hydroxylation is 1. The lowest BCUT2D eigenvalue weighted by molar-refractivity contribution is -0.274. The largest absolute Gasteiger partial charge is 0.573 e. The number of nitrogens with zero attached hydrogens (tertiary/aromatic N) is 1. The number of fused-ring (bicyclic) bond motifs is 3. The Morgan fingerprint density at radius 3 is 2.42 bits per heavy atom. The van der Waals surface area contributed by atoms with Crippen molar-refractivity contribution in [2.75, 3.05) is 5.73 Å². The van der Waals surface area contributed by atoms with Crippen LogP contribution in [0.15, 0.2) is 72.8 Å². The van der Waals surface area contributed by atoms with E-state index in [2.05, 4.69) is 4.74 Å². The lowest BCUT2D eigenvalue weighted by Gasteiger charge is -2.24. The van der Waals surface area contributed by atoms with Crippen LogP contribution in [0.25, 0.3) is 33.6 Å². The Kier molecular flexibility index (Phi) is 4.96. The highest BCUT2D eigenvalue weighted by Gasteiger charge is 2.31. The Bertz CT molecular complexity index is 1370. The second-order valence-electron chi connectivity index (χ2n) is 7.92. The Morgan fingerprint density at radius 2 is 1.64 bits per heavy atom. The molecule has 0 unspecified atom stereocenters. The fourth-order valence-corrected chi connectivity index (χ4v) is 4.29. The van der Waals surface area contributed by atoms with E-state index in [9.17, 15) is 18.3 Å². The Labute approximate surface area is 188 Å². The van der Waals surface area contributed by atoms with Crippen LogP contribution in [0.5, 0.6) is 11.5 Å². The maximum atomic E-state index is 12.8. The first-order valence-corrected chi connectivity index (χ1v) is 10.3. The van der Waals surface area contributed by atoms with Crippen molar-refractivity contribution in [1.29, 1.82) is 0 Å². The van der Waals surface area contributed by atoms with Crippen LogP contribution >= 0.6 is 0 Å². The summed E-state index contributed by atoms with van der Waals surface area (Å²) in [5.41, 5.74) is 13.0. The number of nitrogen functional groups attached to an aromatic ring is 1. The van der Waals surface area contributed by atoms with Crippen LogP contribution in [0.2, 0.25) is 0 Å². The highest BCUT2D eigenvalue weighted by atomic mass is 19.4. The predicted octanol–water partition coefficient (Wildman–Crippen LogP) is 6.37. The van der Waals surface area contributed by atoms with Crippen molar-refractivity contribution in [2.45, 2.75) is 19.2 Å². The van der Waals surface area contributed by atoms with Crippen molar-refractivity contribution in [2.24, 2.45) is 0 Å². The van der Waals surface area contributed by atoms with E-state index in [0.717, 1.165) is 34.4 Å². The molecule has 4 nitrogen and oxygen atoms in total. The van der Waals surface area contributed by atoms with Crippen molar-refractivity contribution >= 4 is 5.69 Å². The van der Waals surface area contributed by atoms with Gasteiger partial charge in [0.2, 0.25) is 0 Å². The minimum atomic E-state index is -4.78. The molecule has 4 aromatic rings. The van der Waals surface area contributed by atoms with Gasteiger partial charge in [-0.1, -0.05) is 30.3 Å². The van der Waals surface area contributed by atoms with Gasteiger partial charge in [-0.05, 0) is 77.6 Å². The molecule has 1 aromatic heterocycles. The van der Waals surface area contributed by atoms with E-state index in [1.54, 1.807) is 24.3 Å². The normalized spacial score (nSPS) is 12.7. The Morgan fingerprint density at radius 1 is 0.848 bits per heavy atom. The number of halogens is 3. The summed E-state index contributed by atoms with van der Waals surface area (Å²) in [6.07, 6.45) is -3.37.